The molecule has 0 aliphatic heterocycles. The Bertz CT molecular complexity index is 747. The van der Waals surface area contributed by atoms with Gasteiger partial charge in [0.15, 0.2) is 0 Å². The highest BCUT2D eigenvalue weighted by atomic mass is 32.2. The lowest BCUT2D eigenvalue weighted by molar-refractivity contribution is 0.587. The van der Waals surface area contributed by atoms with Crippen LogP contribution in [0.5, 0.6) is 0 Å². The molecule has 1 aliphatic carbocycles. The molecule has 1 heterocycles. The van der Waals surface area contributed by atoms with Crippen LogP contribution in [0.15, 0.2) is 35.4 Å². The highest BCUT2D eigenvalue weighted by molar-refractivity contribution is 7.89. The third-order valence-corrected chi connectivity index (χ3v) is 4.84. The van der Waals surface area contributed by atoms with Crippen molar-refractivity contribution in [1.29, 1.82) is 0 Å². The minimum atomic E-state index is -3.59. The molecule has 1 aliphatic rings. The SMILES string of the molecule is CNS(=O)(=O)c1cc(N)ccc1-n1ccc(C2CC2)n1. The number of nitrogens with two attached hydrogens (primary N) is 1. The highest BCUT2D eigenvalue weighted by Crippen LogP contribution is 2.39. The van der Waals surface area contributed by atoms with Crippen molar-refractivity contribution in [2.75, 3.05) is 12.8 Å². The van der Waals surface area contributed by atoms with Crippen LogP contribution in [-0.2, 0) is 10.0 Å². The highest BCUT2D eigenvalue weighted by Gasteiger charge is 2.26. The zero-order valence-electron chi connectivity index (χ0n) is 11.1. The molecule has 0 spiro atoms. The van der Waals surface area contributed by atoms with E-state index in [0.717, 1.165) is 18.5 Å². The van der Waals surface area contributed by atoms with Crippen molar-refractivity contribution >= 4 is 15.7 Å². The summed E-state index contributed by atoms with van der Waals surface area (Å²) >= 11 is 0. The number of anilines is 1. The Morgan fingerprint density at radius 1 is 1.35 bits per heavy atom. The number of nitrogens with zero attached hydrogens (tertiary/aromatic N) is 2. The molecule has 0 atom stereocenters. The largest absolute Gasteiger partial charge is 0.399 e. The summed E-state index contributed by atoms with van der Waals surface area (Å²) < 4.78 is 28.1. The third-order valence-electron chi connectivity index (χ3n) is 3.39. The predicted octanol–water partition coefficient (Wildman–Crippen LogP) is 1.24. The molecule has 7 heteroatoms. The fourth-order valence-electron chi connectivity index (χ4n) is 2.11. The van der Waals surface area contributed by atoms with E-state index in [-0.39, 0.29) is 4.90 Å². The summed E-state index contributed by atoms with van der Waals surface area (Å²) in [6, 6.07) is 6.72. The van der Waals surface area contributed by atoms with E-state index in [1.54, 1.807) is 23.0 Å². The lowest BCUT2D eigenvalue weighted by atomic mass is 10.3. The lowest BCUT2D eigenvalue weighted by Crippen LogP contribution is -2.21. The molecule has 1 saturated carbocycles. The van der Waals surface area contributed by atoms with Crippen LogP contribution in [0.3, 0.4) is 0 Å². The average molecular weight is 292 g/mol. The molecular weight excluding hydrogens is 276 g/mol. The van der Waals surface area contributed by atoms with E-state index < -0.39 is 10.0 Å². The molecule has 0 bridgehead atoms. The van der Waals surface area contributed by atoms with Crippen molar-refractivity contribution in [2.45, 2.75) is 23.7 Å². The van der Waals surface area contributed by atoms with Gasteiger partial charge in [-0.2, -0.15) is 5.10 Å². The average Bonchev–Trinajstić information content (AvgIpc) is 3.17. The molecule has 3 N–H and O–H groups in total. The van der Waals surface area contributed by atoms with Gasteiger partial charge in [-0.15, -0.1) is 0 Å². The molecule has 0 radical (unpaired) electrons. The van der Waals surface area contributed by atoms with E-state index in [0.29, 0.717) is 17.3 Å². The van der Waals surface area contributed by atoms with Crippen LogP contribution < -0.4 is 10.5 Å². The quantitative estimate of drug-likeness (QED) is 0.830. The van der Waals surface area contributed by atoms with Crippen molar-refractivity contribution < 1.29 is 8.42 Å². The third kappa shape index (κ3) is 2.30. The lowest BCUT2D eigenvalue weighted by Gasteiger charge is -2.10. The molecule has 1 fully saturated rings. The number of hydrogen-bond donors (Lipinski definition) is 2. The van der Waals surface area contributed by atoms with Gasteiger partial charge in [-0.25, -0.2) is 17.8 Å². The summed E-state index contributed by atoms with van der Waals surface area (Å²) in [6.07, 6.45) is 4.09. The second-order valence-electron chi connectivity index (χ2n) is 4.89. The fraction of sp³-hybridized carbons (Fsp3) is 0.308. The van der Waals surface area contributed by atoms with Gasteiger partial charge >= 0.3 is 0 Å². The maximum absolute atomic E-state index is 12.1. The second-order valence-corrected chi connectivity index (χ2v) is 6.75. The summed E-state index contributed by atoms with van der Waals surface area (Å²) in [6.45, 7) is 0. The number of nitrogens with one attached hydrogen (secondary N) is 1. The van der Waals surface area contributed by atoms with E-state index in [4.69, 9.17) is 5.73 Å². The van der Waals surface area contributed by atoms with Crippen LogP contribution in [0.1, 0.15) is 24.5 Å². The molecule has 1 aromatic heterocycles. The first-order valence-corrected chi connectivity index (χ1v) is 7.88. The molecule has 6 nitrogen and oxygen atoms in total. The number of rotatable bonds is 4. The van der Waals surface area contributed by atoms with Crippen LogP contribution >= 0.6 is 0 Å². The van der Waals surface area contributed by atoms with E-state index in [9.17, 15) is 8.42 Å². The van der Waals surface area contributed by atoms with Gasteiger partial charge in [0.25, 0.3) is 0 Å². The molecule has 1 aromatic carbocycles. The van der Waals surface area contributed by atoms with Crippen molar-refractivity contribution in [3.05, 3.63) is 36.2 Å². The standard InChI is InChI=1S/C13H16N4O2S/c1-15-20(18,19)13-8-10(14)4-5-12(13)17-7-6-11(16-17)9-2-3-9/h4-9,15H,2-3,14H2,1H3. The van der Waals surface area contributed by atoms with Gasteiger partial charge < -0.3 is 5.73 Å². The second kappa shape index (κ2) is 4.60. The predicted molar refractivity (Wildman–Crippen MR) is 76.2 cm³/mol. The zero-order valence-corrected chi connectivity index (χ0v) is 11.9. The first-order chi connectivity index (χ1) is 9.51. The van der Waals surface area contributed by atoms with Crippen LogP contribution in [0.2, 0.25) is 0 Å². The molecule has 20 heavy (non-hydrogen) atoms. The van der Waals surface area contributed by atoms with E-state index in [1.807, 2.05) is 6.07 Å². The van der Waals surface area contributed by atoms with Crippen LogP contribution in [0.4, 0.5) is 5.69 Å². The van der Waals surface area contributed by atoms with E-state index >= 15 is 0 Å². The Labute approximate surface area is 117 Å². The Kier molecular flexibility index (Phi) is 3.02. The summed E-state index contributed by atoms with van der Waals surface area (Å²) in [4.78, 5) is 0.130. The summed E-state index contributed by atoms with van der Waals surface area (Å²) in [5, 5.41) is 4.46. The molecule has 106 valence electrons. The van der Waals surface area contributed by atoms with Gasteiger partial charge in [0.05, 0.1) is 11.4 Å². The van der Waals surface area contributed by atoms with Gasteiger partial charge in [-0.05, 0) is 44.2 Å². The first-order valence-electron chi connectivity index (χ1n) is 6.40. The summed E-state index contributed by atoms with van der Waals surface area (Å²) in [5.41, 5.74) is 7.61. The van der Waals surface area contributed by atoms with Crippen molar-refractivity contribution in [3.8, 4) is 5.69 Å². The smallest absolute Gasteiger partial charge is 0.242 e. The topological polar surface area (TPSA) is 90.0 Å². The van der Waals surface area contributed by atoms with Gasteiger partial charge in [0.1, 0.15) is 4.90 Å². The normalized spacial score (nSPS) is 15.4. The monoisotopic (exact) mass is 292 g/mol. The maximum Gasteiger partial charge on any atom is 0.242 e. The van der Waals surface area contributed by atoms with Gasteiger partial charge in [-0.3, -0.25) is 0 Å². The van der Waals surface area contributed by atoms with Crippen LogP contribution in [-0.4, -0.2) is 25.2 Å². The fourth-order valence-corrected chi connectivity index (χ4v) is 3.06. The minimum absolute atomic E-state index is 0.130. The number of benzene rings is 1. The molecule has 0 amide bonds. The molecule has 2 aromatic rings. The Balaban J connectivity index is 2.12. The number of nitrogen functional groups attached to an aromatic ring is 1. The van der Waals surface area contributed by atoms with Crippen molar-refractivity contribution in [1.82, 2.24) is 14.5 Å². The number of aromatic nitrogens is 2. The van der Waals surface area contributed by atoms with E-state index in [1.165, 1.54) is 13.1 Å². The Morgan fingerprint density at radius 2 is 2.10 bits per heavy atom. The van der Waals surface area contributed by atoms with Crippen molar-refractivity contribution in [2.24, 2.45) is 0 Å². The van der Waals surface area contributed by atoms with Crippen LogP contribution in [0, 0.1) is 0 Å². The van der Waals surface area contributed by atoms with Crippen LogP contribution in [0.25, 0.3) is 5.69 Å². The number of sulfonamides is 1. The Hall–Kier alpha value is -1.86. The first kappa shape index (κ1) is 13.1. The number of hydrogen-bond acceptors (Lipinski definition) is 4. The zero-order chi connectivity index (χ0) is 14.3. The summed E-state index contributed by atoms with van der Waals surface area (Å²) in [5.74, 6) is 0.523. The molecule has 0 saturated heterocycles. The van der Waals surface area contributed by atoms with Gasteiger partial charge in [0.2, 0.25) is 10.0 Å². The minimum Gasteiger partial charge on any atom is -0.399 e. The van der Waals surface area contributed by atoms with Gasteiger partial charge in [-0.1, -0.05) is 0 Å². The Morgan fingerprint density at radius 3 is 2.75 bits per heavy atom. The molecule has 0 unspecified atom stereocenters. The maximum atomic E-state index is 12.1. The summed E-state index contributed by atoms with van der Waals surface area (Å²) in [7, 11) is -2.21. The van der Waals surface area contributed by atoms with Crippen molar-refractivity contribution in [3.63, 3.8) is 0 Å². The molecular formula is C13H16N4O2S. The van der Waals surface area contributed by atoms with E-state index in [2.05, 4.69) is 9.82 Å². The molecule has 3 rings (SSSR count). The van der Waals surface area contributed by atoms with Gasteiger partial charge in [0, 0.05) is 17.8 Å².